The van der Waals surface area contributed by atoms with Crippen LogP contribution in [0.4, 0.5) is 0 Å². The average molecular weight is 819 g/mol. The highest BCUT2D eigenvalue weighted by atomic mass is 28.3. The molecule has 63 heavy (non-hydrogen) atoms. The fraction of sp³-hybridized carbons (Fsp3) is 0. The number of hydrogen-bond acceptors (Lipinski definition) is 0. The number of aromatic nitrogens is 2. The number of benzene rings is 10. The maximum absolute atomic E-state index is 3.02. The first-order valence-corrected chi connectivity index (χ1v) is 23.8. The number of para-hydroxylation sites is 2. The fourth-order valence-corrected chi connectivity index (χ4v) is 15.4. The molecule has 0 unspecified atom stereocenters. The molecule has 0 amide bonds. The van der Waals surface area contributed by atoms with E-state index in [1.54, 1.807) is 0 Å². The van der Waals surface area contributed by atoms with Crippen LogP contribution in [0.5, 0.6) is 0 Å². The van der Waals surface area contributed by atoms with Gasteiger partial charge in [0.1, 0.15) is 0 Å². The van der Waals surface area contributed by atoms with E-state index in [2.05, 4.69) is 264 Å². The van der Waals surface area contributed by atoms with E-state index in [1.165, 1.54) is 92.3 Å². The monoisotopic (exact) mass is 818 g/mol. The summed E-state index contributed by atoms with van der Waals surface area (Å²) in [4.78, 5) is 0. The smallest absolute Gasteiger partial charge is 0.180 e. The quantitative estimate of drug-likeness (QED) is 0.107. The summed E-state index contributed by atoms with van der Waals surface area (Å²) < 4.78 is 4.98. The third-order valence-corrected chi connectivity index (χ3v) is 17.9. The van der Waals surface area contributed by atoms with Crippen molar-refractivity contribution in [1.29, 1.82) is 0 Å². The summed E-state index contributed by atoms with van der Waals surface area (Å²) >= 11 is 0. The standard InChI is InChI=1S/C60H42N2Si/c1-5-20-43(21-6-1)45-38-40-47(41-39-45)61-53-32-15-13-30-51(53)59-55(61)34-18-35-56(59)62-54-33-16-14-31-52(54)60-57(62)36-19-37-58(60)63(48-25-9-3-10-26-48,49-27-11-4-12-28-49)50-29-17-24-46(42-50)44-22-7-2-8-23-44/h1-42H. The molecule has 0 radical (unpaired) electrons. The highest BCUT2D eigenvalue weighted by molar-refractivity contribution is 7.20. The Morgan fingerprint density at radius 3 is 1.33 bits per heavy atom. The molecule has 296 valence electrons. The Kier molecular flexibility index (Phi) is 8.87. The van der Waals surface area contributed by atoms with Crippen molar-refractivity contribution in [2.45, 2.75) is 0 Å². The van der Waals surface area contributed by atoms with Crippen LogP contribution in [0.15, 0.2) is 255 Å². The zero-order chi connectivity index (χ0) is 41.7. The first kappa shape index (κ1) is 36.8. The average Bonchev–Trinajstić information content (AvgIpc) is 3.89. The lowest BCUT2D eigenvalue weighted by molar-refractivity contribution is 1.17. The Morgan fingerprint density at radius 2 is 0.698 bits per heavy atom. The van der Waals surface area contributed by atoms with Crippen molar-refractivity contribution in [3.8, 4) is 33.6 Å². The van der Waals surface area contributed by atoms with Crippen molar-refractivity contribution in [3.05, 3.63) is 255 Å². The van der Waals surface area contributed by atoms with E-state index in [0.717, 1.165) is 5.69 Å². The van der Waals surface area contributed by atoms with Gasteiger partial charge < -0.3 is 9.13 Å². The van der Waals surface area contributed by atoms with Gasteiger partial charge >= 0.3 is 0 Å². The third-order valence-electron chi connectivity index (χ3n) is 13.1. The second kappa shape index (κ2) is 15.2. The summed E-state index contributed by atoms with van der Waals surface area (Å²) in [6.07, 6.45) is 0. The second-order valence-corrected chi connectivity index (χ2v) is 20.2. The van der Waals surface area contributed by atoms with Crippen LogP contribution in [0.25, 0.3) is 77.2 Å². The molecule has 12 aromatic rings. The molecular formula is C60H42N2Si. The van der Waals surface area contributed by atoms with E-state index < -0.39 is 8.07 Å². The molecule has 0 saturated heterocycles. The Balaban J connectivity index is 1.16. The van der Waals surface area contributed by atoms with Gasteiger partial charge in [0.25, 0.3) is 0 Å². The molecule has 0 spiro atoms. The van der Waals surface area contributed by atoms with Crippen LogP contribution in [-0.2, 0) is 0 Å². The number of rotatable bonds is 8. The zero-order valence-corrected chi connectivity index (χ0v) is 35.6. The molecule has 0 N–H and O–H groups in total. The molecule has 0 aliphatic carbocycles. The Bertz CT molecular complexity index is 3550. The number of fused-ring (bicyclic) bond motifs is 6. The largest absolute Gasteiger partial charge is 0.309 e. The summed E-state index contributed by atoms with van der Waals surface area (Å²) in [6, 6.07) is 94.3. The van der Waals surface area contributed by atoms with Crippen LogP contribution >= 0.6 is 0 Å². The van der Waals surface area contributed by atoms with E-state index in [-0.39, 0.29) is 0 Å². The van der Waals surface area contributed by atoms with Crippen LogP contribution in [0.2, 0.25) is 0 Å². The maximum Gasteiger partial charge on any atom is 0.180 e. The van der Waals surface area contributed by atoms with Crippen molar-refractivity contribution in [2.24, 2.45) is 0 Å². The molecule has 0 aliphatic rings. The molecule has 10 aromatic carbocycles. The van der Waals surface area contributed by atoms with Gasteiger partial charge in [0.15, 0.2) is 8.07 Å². The summed E-state index contributed by atoms with van der Waals surface area (Å²) in [5.74, 6) is 0. The topological polar surface area (TPSA) is 9.86 Å². The van der Waals surface area contributed by atoms with E-state index >= 15 is 0 Å². The summed E-state index contributed by atoms with van der Waals surface area (Å²) in [6.45, 7) is 0. The Morgan fingerprint density at radius 1 is 0.270 bits per heavy atom. The predicted octanol–water partition coefficient (Wildman–Crippen LogP) is 12.6. The van der Waals surface area contributed by atoms with Gasteiger partial charge in [0.05, 0.1) is 27.8 Å². The van der Waals surface area contributed by atoms with Gasteiger partial charge in [-0.25, -0.2) is 0 Å². The Labute approximate surface area is 368 Å². The molecule has 0 atom stereocenters. The van der Waals surface area contributed by atoms with Crippen LogP contribution in [0, 0.1) is 0 Å². The first-order valence-electron chi connectivity index (χ1n) is 21.8. The summed E-state index contributed by atoms with van der Waals surface area (Å²) in [7, 11) is -3.02. The van der Waals surface area contributed by atoms with Crippen molar-refractivity contribution >= 4 is 72.4 Å². The van der Waals surface area contributed by atoms with Crippen molar-refractivity contribution in [1.82, 2.24) is 9.13 Å². The maximum atomic E-state index is 2.54. The molecule has 0 saturated carbocycles. The SMILES string of the molecule is c1ccc(-c2ccc(-n3c4ccccc4c4c(-n5c6ccccc6c6c([Si](c7ccccc7)(c7ccccc7)c7cccc(-c8ccccc8)c7)cccc65)cccc43)cc2)cc1. The van der Waals surface area contributed by atoms with Gasteiger partial charge in [0, 0.05) is 27.2 Å². The molecule has 2 heterocycles. The van der Waals surface area contributed by atoms with Gasteiger partial charge in [-0.15, -0.1) is 0 Å². The summed E-state index contributed by atoms with van der Waals surface area (Å²) in [5.41, 5.74) is 11.9. The van der Waals surface area contributed by atoms with E-state index in [0.29, 0.717) is 0 Å². The van der Waals surface area contributed by atoms with Gasteiger partial charge in [-0.1, -0.05) is 212 Å². The molecule has 2 nitrogen and oxygen atoms in total. The van der Waals surface area contributed by atoms with Crippen molar-refractivity contribution < 1.29 is 0 Å². The van der Waals surface area contributed by atoms with Crippen LogP contribution in [0.1, 0.15) is 0 Å². The highest BCUT2D eigenvalue weighted by Gasteiger charge is 2.43. The molecule has 3 heteroatoms. The lowest BCUT2D eigenvalue weighted by Gasteiger charge is -2.35. The van der Waals surface area contributed by atoms with Crippen LogP contribution < -0.4 is 20.7 Å². The van der Waals surface area contributed by atoms with Gasteiger partial charge in [0.2, 0.25) is 0 Å². The predicted molar refractivity (Wildman–Crippen MR) is 270 cm³/mol. The van der Waals surface area contributed by atoms with Gasteiger partial charge in [-0.3, -0.25) is 0 Å². The lowest BCUT2D eigenvalue weighted by atomic mass is 10.1. The minimum Gasteiger partial charge on any atom is -0.309 e. The molecule has 0 bridgehead atoms. The molecule has 0 fully saturated rings. The van der Waals surface area contributed by atoms with E-state index in [1.807, 2.05) is 0 Å². The fourth-order valence-electron chi connectivity index (χ4n) is 10.4. The lowest BCUT2D eigenvalue weighted by Crippen LogP contribution is -2.74. The number of hydrogen-bond donors (Lipinski definition) is 0. The second-order valence-electron chi connectivity index (χ2n) is 16.4. The molecule has 0 aliphatic heterocycles. The molecular weight excluding hydrogens is 777 g/mol. The molecule has 12 rings (SSSR count). The van der Waals surface area contributed by atoms with E-state index in [4.69, 9.17) is 0 Å². The minimum atomic E-state index is -3.02. The Hall–Kier alpha value is -7.98. The van der Waals surface area contributed by atoms with Gasteiger partial charge in [-0.05, 0) is 85.5 Å². The molecule has 2 aromatic heterocycles. The van der Waals surface area contributed by atoms with Crippen LogP contribution in [-0.4, -0.2) is 17.2 Å². The zero-order valence-electron chi connectivity index (χ0n) is 34.6. The van der Waals surface area contributed by atoms with Crippen molar-refractivity contribution in [3.63, 3.8) is 0 Å². The normalized spacial score (nSPS) is 11.8. The minimum absolute atomic E-state index is 1.14. The highest BCUT2D eigenvalue weighted by Crippen LogP contribution is 2.40. The summed E-state index contributed by atoms with van der Waals surface area (Å²) in [5, 5.41) is 10.5. The van der Waals surface area contributed by atoms with E-state index in [9.17, 15) is 0 Å². The number of nitrogens with zero attached hydrogens (tertiary/aromatic N) is 2. The third kappa shape index (κ3) is 5.85. The van der Waals surface area contributed by atoms with Gasteiger partial charge in [-0.2, -0.15) is 0 Å². The van der Waals surface area contributed by atoms with Crippen LogP contribution in [0.3, 0.4) is 0 Å². The first-order chi connectivity index (χ1) is 31.3. The van der Waals surface area contributed by atoms with Crippen molar-refractivity contribution in [2.75, 3.05) is 0 Å².